The maximum absolute atomic E-state index is 13.0. The minimum absolute atomic E-state index is 0.144. The van der Waals surface area contributed by atoms with Gasteiger partial charge in [0, 0.05) is 20.2 Å². The molecule has 2 saturated heterocycles. The molecule has 1 N–H and O–H groups in total. The maximum Gasteiger partial charge on any atom is 0.337 e. The van der Waals surface area contributed by atoms with Crippen molar-refractivity contribution in [1.82, 2.24) is 10.2 Å². The molecule has 1 atom stereocenters. The number of amides is 1. The molecule has 0 aliphatic carbocycles. The molecule has 1 aromatic carbocycles. The molecule has 0 radical (unpaired) electrons. The Labute approximate surface area is 154 Å². The van der Waals surface area contributed by atoms with Gasteiger partial charge in [-0.1, -0.05) is 12.1 Å². The first kappa shape index (κ1) is 18.9. The van der Waals surface area contributed by atoms with Crippen LogP contribution < -0.4 is 5.32 Å². The predicted octanol–water partition coefficient (Wildman–Crippen LogP) is 1.63. The zero-order valence-electron chi connectivity index (χ0n) is 15.6. The van der Waals surface area contributed by atoms with Crippen molar-refractivity contribution in [2.75, 3.05) is 40.4 Å². The number of piperidine rings is 1. The van der Waals surface area contributed by atoms with E-state index in [2.05, 4.69) is 5.32 Å². The highest BCUT2D eigenvalue weighted by atomic mass is 16.5. The number of rotatable bonds is 5. The minimum Gasteiger partial charge on any atom is -0.465 e. The van der Waals surface area contributed by atoms with Crippen LogP contribution in [0.25, 0.3) is 0 Å². The molecule has 142 valence electrons. The molecular formula is C20H28N2O4. The third-order valence-corrected chi connectivity index (χ3v) is 5.66. The van der Waals surface area contributed by atoms with Gasteiger partial charge in [0.05, 0.1) is 12.7 Å². The molecule has 0 spiro atoms. The van der Waals surface area contributed by atoms with Crippen molar-refractivity contribution < 1.29 is 19.1 Å². The summed E-state index contributed by atoms with van der Waals surface area (Å²) in [4.78, 5) is 26.5. The molecule has 3 rings (SSSR count). The smallest absolute Gasteiger partial charge is 0.337 e. The molecule has 2 aliphatic rings. The maximum atomic E-state index is 13.0. The number of carbonyl (C=O) groups is 2. The fourth-order valence-corrected chi connectivity index (χ4v) is 4.04. The van der Waals surface area contributed by atoms with E-state index >= 15 is 0 Å². The lowest BCUT2D eigenvalue weighted by atomic mass is 9.90. The molecule has 26 heavy (non-hydrogen) atoms. The van der Waals surface area contributed by atoms with E-state index in [0.29, 0.717) is 11.5 Å². The monoisotopic (exact) mass is 360 g/mol. The molecule has 1 unspecified atom stereocenters. The average Bonchev–Trinajstić information content (AvgIpc) is 3.16. The average molecular weight is 360 g/mol. The molecular weight excluding hydrogens is 332 g/mol. The molecule has 1 amide bonds. The SMILES string of the molecule is COC(=O)c1ccc(CC2CCN(C(=O)C3(OC)CCNCC3)C2)cc1. The zero-order valence-corrected chi connectivity index (χ0v) is 15.6. The summed E-state index contributed by atoms with van der Waals surface area (Å²) >= 11 is 0. The first-order valence-corrected chi connectivity index (χ1v) is 9.30. The molecule has 2 fully saturated rings. The second-order valence-corrected chi connectivity index (χ2v) is 7.25. The van der Waals surface area contributed by atoms with Crippen molar-refractivity contribution >= 4 is 11.9 Å². The summed E-state index contributed by atoms with van der Waals surface area (Å²) in [6.45, 7) is 3.21. The summed E-state index contributed by atoms with van der Waals surface area (Å²) in [7, 11) is 3.04. The van der Waals surface area contributed by atoms with Crippen molar-refractivity contribution in [2.45, 2.75) is 31.3 Å². The number of likely N-dealkylation sites (tertiary alicyclic amines) is 1. The van der Waals surface area contributed by atoms with Gasteiger partial charge in [-0.2, -0.15) is 0 Å². The predicted molar refractivity (Wildman–Crippen MR) is 98.0 cm³/mol. The van der Waals surface area contributed by atoms with Crippen LogP contribution in [0.5, 0.6) is 0 Å². The lowest BCUT2D eigenvalue weighted by Crippen LogP contribution is -2.54. The van der Waals surface area contributed by atoms with Gasteiger partial charge in [0.15, 0.2) is 0 Å². The third kappa shape index (κ3) is 3.91. The Balaban J connectivity index is 1.58. The molecule has 2 heterocycles. The molecule has 0 aromatic heterocycles. The van der Waals surface area contributed by atoms with E-state index in [1.807, 2.05) is 17.0 Å². The number of hydrogen-bond donors (Lipinski definition) is 1. The van der Waals surface area contributed by atoms with Crippen LogP contribution in [-0.4, -0.2) is 62.8 Å². The highest BCUT2D eigenvalue weighted by Crippen LogP contribution is 2.29. The standard InChI is InChI=1S/C20H28N2O4/c1-25-18(23)17-5-3-15(4-6-17)13-16-7-12-22(14-16)19(24)20(26-2)8-10-21-11-9-20/h3-6,16,21H,7-14H2,1-2H3. The van der Waals surface area contributed by atoms with E-state index in [0.717, 1.165) is 51.9 Å². The summed E-state index contributed by atoms with van der Waals surface area (Å²) < 4.78 is 10.4. The highest BCUT2D eigenvalue weighted by Gasteiger charge is 2.44. The van der Waals surface area contributed by atoms with Crippen LogP contribution in [0.3, 0.4) is 0 Å². The summed E-state index contributed by atoms with van der Waals surface area (Å²) in [5, 5.41) is 3.29. The Morgan fingerprint density at radius 2 is 1.88 bits per heavy atom. The van der Waals surface area contributed by atoms with Crippen LogP contribution in [-0.2, 0) is 20.7 Å². The first-order valence-electron chi connectivity index (χ1n) is 9.30. The Hall–Kier alpha value is -1.92. The number of esters is 1. The first-order chi connectivity index (χ1) is 12.6. The minimum atomic E-state index is -0.650. The Bertz CT molecular complexity index is 638. The van der Waals surface area contributed by atoms with Crippen LogP contribution in [0.1, 0.15) is 35.2 Å². The summed E-state index contributed by atoms with van der Waals surface area (Å²) in [6, 6.07) is 7.54. The normalized spacial score (nSPS) is 22.2. The van der Waals surface area contributed by atoms with Gasteiger partial charge in [0.2, 0.25) is 0 Å². The number of hydrogen-bond acceptors (Lipinski definition) is 5. The summed E-state index contributed by atoms with van der Waals surface area (Å²) in [5.41, 5.74) is 1.09. The largest absolute Gasteiger partial charge is 0.465 e. The summed E-state index contributed by atoms with van der Waals surface area (Å²) in [5.74, 6) is 0.268. The number of benzene rings is 1. The van der Waals surface area contributed by atoms with Crippen LogP contribution >= 0.6 is 0 Å². The lowest BCUT2D eigenvalue weighted by Gasteiger charge is -2.37. The molecule has 6 nitrogen and oxygen atoms in total. The van der Waals surface area contributed by atoms with E-state index in [1.165, 1.54) is 12.7 Å². The molecule has 1 aromatic rings. The van der Waals surface area contributed by atoms with Gasteiger partial charge in [0.1, 0.15) is 5.60 Å². The van der Waals surface area contributed by atoms with E-state index in [4.69, 9.17) is 9.47 Å². The van der Waals surface area contributed by atoms with Crippen molar-refractivity contribution in [3.8, 4) is 0 Å². The molecule has 2 aliphatic heterocycles. The van der Waals surface area contributed by atoms with Crippen LogP contribution in [0.2, 0.25) is 0 Å². The third-order valence-electron chi connectivity index (χ3n) is 5.66. The number of methoxy groups -OCH3 is 2. The van der Waals surface area contributed by atoms with Crippen molar-refractivity contribution in [2.24, 2.45) is 5.92 Å². The number of carbonyl (C=O) groups excluding carboxylic acids is 2. The molecule has 0 bridgehead atoms. The Kier molecular flexibility index (Phi) is 5.94. The van der Waals surface area contributed by atoms with Crippen LogP contribution in [0, 0.1) is 5.92 Å². The van der Waals surface area contributed by atoms with Gasteiger partial charge in [0.25, 0.3) is 5.91 Å². The van der Waals surface area contributed by atoms with Crippen LogP contribution in [0.4, 0.5) is 0 Å². The van der Waals surface area contributed by atoms with E-state index in [1.54, 1.807) is 19.2 Å². The second-order valence-electron chi connectivity index (χ2n) is 7.25. The van der Waals surface area contributed by atoms with Crippen molar-refractivity contribution in [3.63, 3.8) is 0 Å². The molecule has 6 heteroatoms. The van der Waals surface area contributed by atoms with E-state index in [-0.39, 0.29) is 11.9 Å². The van der Waals surface area contributed by atoms with Gasteiger partial charge < -0.3 is 19.7 Å². The summed E-state index contributed by atoms with van der Waals surface area (Å²) in [6.07, 6.45) is 3.38. The van der Waals surface area contributed by atoms with Gasteiger partial charge in [-0.3, -0.25) is 4.79 Å². The fraction of sp³-hybridized carbons (Fsp3) is 0.600. The van der Waals surface area contributed by atoms with E-state index in [9.17, 15) is 9.59 Å². The zero-order chi connectivity index (χ0) is 18.6. The number of nitrogens with zero attached hydrogens (tertiary/aromatic N) is 1. The second kappa shape index (κ2) is 8.18. The van der Waals surface area contributed by atoms with Gasteiger partial charge >= 0.3 is 5.97 Å². The number of nitrogens with one attached hydrogen (secondary N) is 1. The topological polar surface area (TPSA) is 67.9 Å². The van der Waals surface area contributed by atoms with Crippen molar-refractivity contribution in [1.29, 1.82) is 0 Å². The van der Waals surface area contributed by atoms with E-state index < -0.39 is 5.60 Å². The lowest BCUT2D eigenvalue weighted by molar-refractivity contribution is -0.157. The fourth-order valence-electron chi connectivity index (χ4n) is 4.04. The number of ether oxygens (including phenoxy) is 2. The van der Waals surface area contributed by atoms with Crippen molar-refractivity contribution in [3.05, 3.63) is 35.4 Å². The quantitative estimate of drug-likeness (QED) is 0.809. The van der Waals surface area contributed by atoms with Gasteiger partial charge in [-0.15, -0.1) is 0 Å². The highest BCUT2D eigenvalue weighted by molar-refractivity contribution is 5.89. The van der Waals surface area contributed by atoms with Gasteiger partial charge in [-0.25, -0.2) is 4.79 Å². The van der Waals surface area contributed by atoms with Gasteiger partial charge in [-0.05, 0) is 62.4 Å². The Morgan fingerprint density at radius 1 is 1.19 bits per heavy atom. The van der Waals surface area contributed by atoms with Crippen LogP contribution in [0.15, 0.2) is 24.3 Å². The Morgan fingerprint density at radius 3 is 2.50 bits per heavy atom. The molecule has 0 saturated carbocycles.